The van der Waals surface area contributed by atoms with Crippen LogP contribution >= 0.6 is 0 Å². The Hall–Kier alpha value is -0.670. The maximum absolute atomic E-state index is 12.2. The molecule has 0 bridgehead atoms. The van der Waals surface area contributed by atoms with E-state index in [2.05, 4.69) is 4.74 Å². The number of rotatable bonds is 6. The minimum Gasteiger partial charge on any atom is -0.469 e. The van der Waals surface area contributed by atoms with Crippen molar-refractivity contribution < 1.29 is 26.4 Å². The maximum Gasteiger partial charge on any atom is 0.307 e. The molecule has 7 nitrogen and oxygen atoms in total. The second kappa shape index (κ2) is 6.86. The Labute approximate surface area is 120 Å². The molecule has 0 aromatic rings. The van der Waals surface area contributed by atoms with E-state index in [-0.39, 0.29) is 6.42 Å². The predicted octanol–water partition coefficient (Wildman–Crippen LogP) is -0.222. The van der Waals surface area contributed by atoms with Crippen molar-refractivity contribution in [3.63, 3.8) is 0 Å². The standard InChI is InChI=1S/C11H21NO6S2/c1-18-11(13)9-10-5-3-4-6-12(10)20(16,17)8-7-19(2,14)15/h10H,3-9H2,1-2H3. The quantitative estimate of drug-likeness (QED) is 0.626. The van der Waals surface area contributed by atoms with Gasteiger partial charge in [-0.2, -0.15) is 4.31 Å². The molecule has 1 aliphatic rings. The van der Waals surface area contributed by atoms with Gasteiger partial charge in [0.15, 0.2) is 0 Å². The Morgan fingerprint density at radius 1 is 1.20 bits per heavy atom. The molecule has 0 N–H and O–H groups in total. The van der Waals surface area contributed by atoms with Crippen molar-refractivity contribution in [3.8, 4) is 0 Å². The van der Waals surface area contributed by atoms with E-state index in [1.807, 2.05) is 0 Å². The summed E-state index contributed by atoms with van der Waals surface area (Å²) in [6, 6.07) is -0.430. The topological polar surface area (TPSA) is 97.8 Å². The number of nitrogens with zero attached hydrogens (tertiary/aromatic N) is 1. The van der Waals surface area contributed by atoms with Gasteiger partial charge < -0.3 is 4.74 Å². The zero-order valence-corrected chi connectivity index (χ0v) is 13.4. The van der Waals surface area contributed by atoms with Gasteiger partial charge >= 0.3 is 5.97 Å². The summed E-state index contributed by atoms with van der Waals surface area (Å²) in [5.41, 5.74) is 0. The van der Waals surface area contributed by atoms with Crippen LogP contribution in [-0.2, 0) is 29.4 Å². The number of sulfonamides is 1. The molecule has 1 rings (SSSR count). The van der Waals surface area contributed by atoms with E-state index in [1.165, 1.54) is 11.4 Å². The second-order valence-electron chi connectivity index (χ2n) is 4.99. The Kier molecular flexibility index (Phi) is 5.96. The lowest BCUT2D eigenvalue weighted by atomic mass is 10.0. The van der Waals surface area contributed by atoms with Crippen molar-refractivity contribution in [3.05, 3.63) is 0 Å². The van der Waals surface area contributed by atoms with Crippen molar-refractivity contribution in [1.82, 2.24) is 4.31 Å². The number of esters is 1. The maximum atomic E-state index is 12.2. The highest BCUT2D eigenvalue weighted by Crippen LogP contribution is 2.23. The van der Waals surface area contributed by atoms with Crippen LogP contribution in [0, 0.1) is 0 Å². The van der Waals surface area contributed by atoms with Gasteiger partial charge in [-0.05, 0) is 12.8 Å². The number of piperidine rings is 1. The lowest BCUT2D eigenvalue weighted by molar-refractivity contribution is -0.141. The molecule has 1 fully saturated rings. The molecule has 0 spiro atoms. The van der Waals surface area contributed by atoms with Crippen LogP contribution in [0.4, 0.5) is 0 Å². The van der Waals surface area contributed by atoms with E-state index in [4.69, 9.17) is 0 Å². The third-order valence-electron chi connectivity index (χ3n) is 3.27. The van der Waals surface area contributed by atoms with Crippen molar-refractivity contribution in [1.29, 1.82) is 0 Å². The van der Waals surface area contributed by atoms with Gasteiger partial charge in [-0.25, -0.2) is 16.8 Å². The van der Waals surface area contributed by atoms with E-state index in [0.29, 0.717) is 13.0 Å². The normalized spacial score (nSPS) is 21.6. The van der Waals surface area contributed by atoms with Crippen LogP contribution in [0.15, 0.2) is 0 Å². The first-order chi connectivity index (χ1) is 9.15. The SMILES string of the molecule is COC(=O)CC1CCCCN1S(=O)(=O)CCS(C)(=O)=O. The molecule has 1 aliphatic heterocycles. The molecule has 0 aromatic heterocycles. The number of methoxy groups -OCH3 is 1. The Bertz CT molecular complexity index is 539. The van der Waals surface area contributed by atoms with Crippen molar-refractivity contribution in [2.24, 2.45) is 0 Å². The summed E-state index contributed by atoms with van der Waals surface area (Å²) in [7, 11) is -5.75. The van der Waals surface area contributed by atoms with Gasteiger partial charge in [0.1, 0.15) is 9.84 Å². The fourth-order valence-electron chi connectivity index (χ4n) is 2.19. The van der Waals surface area contributed by atoms with Crippen LogP contribution in [0.1, 0.15) is 25.7 Å². The van der Waals surface area contributed by atoms with Gasteiger partial charge in [-0.1, -0.05) is 6.42 Å². The van der Waals surface area contributed by atoms with E-state index in [1.54, 1.807) is 0 Å². The molecule has 0 saturated carbocycles. The van der Waals surface area contributed by atoms with Gasteiger partial charge in [-0.3, -0.25) is 4.79 Å². The number of hydrogen-bond donors (Lipinski definition) is 0. The summed E-state index contributed by atoms with van der Waals surface area (Å²) < 4.78 is 52.5. The van der Waals surface area contributed by atoms with E-state index in [9.17, 15) is 21.6 Å². The van der Waals surface area contributed by atoms with Crippen molar-refractivity contribution >= 4 is 25.8 Å². The van der Waals surface area contributed by atoms with Crippen LogP contribution in [0.25, 0.3) is 0 Å². The number of hydrogen-bond acceptors (Lipinski definition) is 6. The van der Waals surface area contributed by atoms with Crippen LogP contribution in [0.2, 0.25) is 0 Å². The summed E-state index contributed by atoms with van der Waals surface area (Å²) in [6.07, 6.45) is 3.17. The Morgan fingerprint density at radius 2 is 1.85 bits per heavy atom. The fourth-order valence-corrected chi connectivity index (χ4v) is 5.52. The largest absolute Gasteiger partial charge is 0.469 e. The van der Waals surface area contributed by atoms with Crippen LogP contribution < -0.4 is 0 Å². The third kappa shape index (κ3) is 5.37. The molecule has 20 heavy (non-hydrogen) atoms. The molecule has 1 heterocycles. The zero-order chi connectivity index (χ0) is 15.4. The first-order valence-corrected chi connectivity index (χ1v) is 10.1. The number of sulfone groups is 1. The first-order valence-electron chi connectivity index (χ1n) is 6.40. The molecule has 0 aliphatic carbocycles. The molecule has 0 amide bonds. The van der Waals surface area contributed by atoms with E-state index < -0.39 is 43.4 Å². The van der Waals surface area contributed by atoms with Gasteiger partial charge in [0.05, 0.1) is 25.0 Å². The first kappa shape index (κ1) is 17.4. The van der Waals surface area contributed by atoms with Crippen LogP contribution in [0.5, 0.6) is 0 Å². The molecule has 118 valence electrons. The highest BCUT2D eigenvalue weighted by atomic mass is 32.2. The molecule has 1 saturated heterocycles. The van der Waals surface area contributed by atoms with Gasteiger partial charge in [0.2, 0.25) is 10.0 Å². The lowest BCUT2D eigenvalue weighted by Crippen LogP contribution is -2.46. The van der Waals surface area contributed by atoms with E-state index >= 15 is 0 Å². The van der Waals surface area contributed by atoms with Crippen molar-refractivity contribution in [2.45, 2.75) is 31.7 Å². The predicted molar refractivity (Wildman–Crippen MR) is 74.5 cm³/mol. The Balaban J connectivity index is 2.80. The van der Waals surface area contributed by atoms with Crippen molar-refractivity contribution in [2.75, 3.05) is 31.4 Å². The number of carbonyl (C=O) groups is 1. The smallest absolute Gasteiger partial charge is 0.307 e. The third-order valence-corrected chi connectivity index (χ3v) is 6.39. The summed E-state index contributed by atoms with van der Waals surface area (Å²) in [6.45, 7) is 0.327. The van der Waals surface area contributed by atoms with Crippen LogP contribution in [-0.4, -0.2) is 64.6 Å². The highest BCUT2D eigenvalue weighted by Gasteiger charge is 2.34. The zero-order valence-electron chi connectivity index (χ0n) is 11.7. The molecule has 1 atom stereocenters. The number of carbonyl (C=O) groups excluding carboxylic acids is 1. The minimum absolute atomic E-state index is 0.00854. The number of ether oxygens (including phenoxy) is 1. The molecule has 0 aromatic carbocycles. The molecule has 9 heteroatoms. The summed E-state index contributed by atoms with van der Waals surface area (Å²) >= 11 is 0. The van der Waals surface area contributed by atoms with Gasteiger partial charge in [0.25, 0.3) is 0 Å². The average molecular weight is 327 g/mol. The average Bonchev–Trinajstić information content (AvgIpc) is 2.36. The summed E-state index contributed by atoms with van der Waals surface area (Å²) in [5.74, 6) is -1.31. The lowest BCUT2D eigenvalue weighted by Gasteiger charge is -2.34. The fraction of sp³-hybridized carbons (Fsp3) is 0.909. The second-order valence-corrected chi connectivity index (χ2v) is 9.29. The summed E-state index contributed by atoms with van der Waals surface area (Å²) in [5, 5.41) is 0. The monoisotopic (exact) mass is 327 g/mol. The molecular formula is C11H21NO6S2. The van der Waals surface area contributed by atoms with E-state index in [0.717, 1.165) is 19.1 Å². The Morgan fingerprint density at radius 3 is 2.40 bits per heavy atom. The minimum atomic E-state index is -3.67. The van der Waals surface area contributed by atoms with Crippen LogP contribution in [0.3, 0.4) is 0 Å². The highest BCUT2D eigenvalue weighted by molar-refractivity contribution is 7.93. The molecule has 0 radical (unpaired) electrons. The molecule has 1 unspecified atom stereocenters. The molecular weight excluding hydrogens is 306 g/mol. The summed E-state index contributed by atoms with van der Waals surface area (Å²) in [4.78, 5) is 11.3. The van der Waals surface area contributed by atoms with Gasteiger partial charge in [0, 0.05) is 18.8 Å². The van der Waals surface area contributed by atoms with Gasteiger partial charge in [-0.15, -0.1) is 0 Å².